The van der Waals surface area contributed by atoms with Gasteiger partial charge in [-0.25, -0.2) is 0 Å². The molecule has 0 N–H and O–H groups in total. The average molecular weight is 345 g/mol. The molecule has 0 unspecified atom stereocenters. The van der Waals surface area contributed by atoms with E-state index in [0.717, 1.165) is 0 Å². The third-order valence-electron chi connectivity index (χ3n) is 2.15. The van der Waals surface area contributed by atoms with E-state index in [-0.39, 0.29) is 9.26 Å². The van der Waals surface area contributed by atoms with Gasteiger partial charge in [0.1, 0.15) is 0 Å². The summed E-state index contributed by atoms with van der Waals surface area (Å²) in [7, 11) is 0. The fourth-order valence-electron chi connectivity index (χ4n) is 1.38. The van der Waals surface area contributed by atoms with Gasteiger partial charge in [0.15, 0.2) is 0 Å². The number of rotatable bonds is 3. The zero-order valence-corrected chi connectivity index (χ0v) is 10.9. The van der Waals surface area contributed by atoms with Crippen molar-refractivity contribution in [3.05, 3.63) is 71.9 Å². The number of halogens is 2. The van der Waals surface area contributed by atoms with Crippen LogP contribution in [0.25, 0.3) is 0 Å². The third kappa shape index (κ3) is 2.60. The van der Waals surface area contributed by atoms with Crippen molar-refractivity contribution in [3.8, 4) is 0 Å². The van der Waals surface area contributed by atoms with Gasteiger partial charge in [-0.2, -0.15) is 0 Å². The van der Waals surface area contributed by atoms with Crippen molar-refractivity contribution < 1.29 is 7.78 Å². The third-order valence-corrected chi connectivity index (χ3v) is 5.90. The van der Waals surface area contributed by atoms with Crippen molar-refractivity contribution >= 4 is 26.1 Å². The molecular formula is C12H9FINO2. The van der Waals surface area contributed by atoms with E-state index in [1.54, 1.807) is 42.5 Å². The summed E-state index contributed by atoms with van der Waals surface area (Å²) in [5.41, 5.74) is -0.121. The second-order valence-electron chi connectivity index (χ2n) is 3.24. The maximum absolute atomic E-state index is 14.3. The molecule has 0 amide bonds. The first-order chi connectivity index (χ1) is 8.20. The molecule has 2 rings (SSSR count). The van der Waals surface area contributed by atoms with Crippen LogP contribution < -0.4 is 0 Å². The summed E-state index contributed by atoms with van der Waals surface area (Å²) in [5, 5.41) is 10.8. The van der Waals surface area contributed by atoms with Gasteiger partial charge >= 0.3 is 106 Å². The Morgan fingerprint density at radius 1 is 1.00 bits per heavy atom. The molecular weight excluding hydrogens is 336 g/mol. The molecule has 0 saturated carbocycles. The monoisotopic (exact) mass is 345 g/mol. The van der Waals surface area contributed by atoms with Crippen molar-refractivity contribution in [2.45, 2.75) is 0 Å². The molecule has 5 heteroatoms. The van der Waals surface area contributed by atoms with Crippen LogP contribution in [0.4, 0.5) is 8.55 Å². The SMILES string of the molecule is O=[N+]([O-])c1ccccc1I(F)c1ccccc1. The van der Waals surface area contributed by atoms with Crippen LogP contribution in [0.1, 0.15) is 0 Å². The van der Waals surface area contributed by atoms with Gasteiger partial charge in [0.05, 0.1) is 0 Å². The van der Waals surface area contributed by atoms with Crippen LogP contribution >= 0.6 is 20.4 Å². The molecule has 0 atom stereocenters. The maximum atomic E-state index is 14.3. The molecule has 0 radical (unpaired) electrons. The van der Waals surface area contributed by atoms with Crippen molar-refractivity contribution in [3.63, 3.8) is 0 Å². The molecule has 2 aromatic rings. The molecule has 0 saturated heterocycles. The summed E-state index contributed by atoms with van der Waals surface area (Å²) in [5.74, 6) is 0. The molecule has 0 aliphatic carbocycles. The molecule has 0 fully saturated rings. The molecule has 2 aromatic carbocycles. The van der Waals surface area contributed by atoms with Crippen molar-refractivity contribution in [2.75, 3.05) is 0 Å². The fourth-order valence-corrected chi connectivity index (χ4v) is 4.49. The second-order valence-corrected chi connectivity index (χ2v) is 7.00. The van der Waals surface area contributed by atoms with E-state index < -0.39 is 25.3 Å². The number of nitrogens with zero attached hydrogens (tertiary/aromatic N) is 1. The fraction of sp³-hybridized carbons (Fsp3) is 0. The first-order valence-electron chi connectivity index (χ1n) is 4.85. The Morgan fingerprint density at radius 3 is 2.24 bits per heavy atom. The Kier molecular flexibility index (Phi) is 3.68. The molecule has 17 heavy (non-hydrogen) atoms. The van der Waals surface area contributed by atoms with Crippen LogP contribution in [0.3, 0.4) is 0 Å². The number of hydrogen-bond acceptors (Lipinski definition) is 2. The first kappa shape index (κ1) is 12.0. The molecule has 0 spiro atoms. The standard InChI is InChI=1S/C12H9FINO2/c13-14(10-6-2-1-3-7-10)11-8-4-5-9-12(11)15(16)17/h1-9H. The van der Waals surface area contributed by atoms with E-state index in [0.29, 0.717) is 3.57 Å². The Hall–Kier alpha value is -1.50. The number of nitro groups is 1. The van der Waals surface area contributed by atoms with Gasteiger partial charge in [-0.05, 0) is 0 Å². The number of nitro benzene ring substituents is 1. The van der Waals surface area contributed by atoms with Gasteiger partial charge in [0.25, 0.3) is 0 Å². The minimum absolute atomic E-state index is 0.121. The average Bonchev–Trinajstić information content (AvgIpc) is 2.39. The van der Waals surface area contributed by atoms with Gasteiger partial charge in [-0.15, -0.1) is 0 Å². The number of para-hydroxylation sites is 1. The zero-order valence-electron chi connectivity index (χ0n) is 8.72. The Labute approximate surface area is 106 Å². The van der Waals surface area contributed by atoms with E-state index >= 15 is 0 Å². The molecule has 3 nitrogen and oxygen atoms in total. The van der Waals surface area contributed by atoms with Gasteiger partial charge in [-0.3, -0.25) is 0 Å². The van der Waals surface area contributed by atoms with E-state index in [2.05, 4.69) is 0 Å². The van der Waals surface area contributed by atoms with Crippen LogP contribution in [0.2, 0.25) is 0 Å². The molecule has 0 heterocycles. The molecule has 0 bridgehead atoms. The Bertz CT molecular complexity index is 533. The molecule has 0 aromatic heterocycles. The minimum atomic E-state index is -3.15. The summed E-state index contributed by atoms with van der Waals surface area (Å²) >= 11 is -3.15. The Balaban J connectivity index is 2.44. The van der Waals surface area contributed by atoms with Crippen molar-refractivity contribution in [1.29, 1.82) is 0 Å². The number of hydrogen-bond donors (Lipinski definition) is 0. The summed E-state index contributed by atoms with van der Waals surface area (Å²) in [6.07, 6.45) is 0. The van der Waals surface area contributed by atoms with E-state index in [9.17, 15) is 13.0 Å². The van der Waals surface area contributed by atoms with Gasteiger partial charge in [0.2, 0.25) is 0 Å². The second kappa shape index (κ2) is 5.22. The quantitative estimate of drug-likeness (QED) is 0.479. The zero-order chi connectivity index (χ0) is 12.3. The number of benzene rings is 2. The summed E-state index contributed by atoms with van der Waals surface area (Å²) < 4.78 is 15.2. The van der Waals surface area contributed by atoms with Gasteiger partial charge < -0.3 is 0 Å². The predicted octanol–water partition coefficient (Wildman–Crippen LogP) is 4.03. The van der Waals surface area contributed by atoms with Gasteiger partial charge in [0, 0.05) is 0 Å². The van der Waals surface area contributed by atoms with Crippen LogP contribution in [0.5, 0.6) is 0 Å². The van der Waals surface area contributed by atoms with E-state index in [1.165, 1.54) is 12.1 Å². The van der Waals surface area contributed by atoms with Crippen molar-refractivity contribution in [1.82, 2.24) is 0 Å². The normalized spacial score (nSPS) is 11.0. The predicted molar refractivity (Wildman–Crippen MR) is 72.1 cm³/mol. The molecule has 0 aliphatic heterocycles. The molecule has 88 valence electrons. The van der Waals surface area contributed by atoms with E-state index in [1.807, 2.05) is 0 Å². The van der Waals surface area contributed by atoms with Crippen LogP contribution in [0.15, 0.2) is 54.6 Å². The van der Waals surface area contributed by atoms with Gasteiger partial charge in [-0.1, -0.05) is 0 Å². The summed E-state index contributed by atoms with van der Waals surface area (Å²) in [6, 6.07) is 14.7. The Morgan fingerprint density at radius 2 is 1.59 bits per heavy atom. The van der Waals surface area contributed by atoms with E-state index in [4.69, 9.17) is 0 Å². The summed E-state index contributed by atoms with van der Waals surface area (Å²) in [4.78, 5) is 10.3. The van der Waals surface area contributed by atoms with Crippen LogP contribution in [-0.2, 0) is 0 Å². The van der Waals surface area contributed by atoms with Crippen LogP contribution in [-0.4, -0.2) is 4.92 Å². The summed E-state index contributed by atoms with van der Waals surface area (Å²) in [6.45, 7) is 0. The topological polar surface area (TPSA) is 43.1 Å². The van der Waals surface area contributed by atoms with Crippen LogP contribution in [0, 0.1) is 17.3 Å². The first-order valence-corrected chi connectivity index (χ1v) is 7.82. The molecule has 0 aliphatic rings. The van der Waals surface area contributed by atoms with Crippen molar-refractivity contribution in [2.24, 2.45) is 0 Å².